The van der Waals surface area contributed by atoms with E-state index in [1.807, 2.05) is 19.1 Å². The summed E-state index contributed by atoms with van der Waals surface area (Å²) >= 11 is 6.86. The predicted octanol–water partition coefficient (Wildman–Crippen LogP) is 2.44. The smallest absolute Gasteiger partial charge is 0.128 e. The zero-order chi connectivity index (χ0) is 14.0. The highest BCUT2D eigenvalue weighted by Gasteiger charge is 2.21. The largest absolute Gasteiger partial charge is 0.383 e. The zero-order valence-corrected chi connectivity index (χ0v) is 13.4. The number of hydrogen-bond donors (Lipinski definition) is 3. The summed E-state index contributed by atoms with van der Waals surface area (Å²) in [5, 5.41) is 0. The van der Waals surface area contributed by atoms with E-state index in [-0.39, 0.29) is 6.04 Å². The molecule has 2 aromatic rings. The van der Waals surface area contributed by atoms with E-state index in [0.29, 0.717) is 5.82 Å². The molecule has 0 amide bonds. The van der Waals surface area contributed by atoms with E-state index >= 15 is 0 Å². The number of halogens is 2. The Morgan fingerprint density at radius 1 is 1.32 bits per heavy atom. The van der Waals surface area contributed by atoms with Crippen molar-refractivity contribution in [3.8, 4) is 0 Å². The summed E-state index contributed by atoms with van der Waals surface area (Å²) in [6.07, 6.45) is 3.39. The van der Waals surface area contributed by atoms with Crippen molar-refractivity contribution < 1.29 is 0 Å². The van der Waals surface area contributed by atoms with Crippen LogP contribution >= 0.6 is 31.9 Å². The Hall–Kier alpha value is -1.02. The number of aryl methyl sites for hydroxylation is 1. The highest BCUT2D eigenvalue weighted by atomic mass is 79.9. The molecule has 0 aliphatic heterocycles. The zero-order valence-electron chi connectivity index (χ0n) is 10.2. The van der Waals surface area contributed by atoms with E-state index < -0.39 is 0 Å². The van der Waals surface area contributed by atoms with Crippen molar-refractivity contribution in [2.75, 3.05) is 5.73 Å². The van der Waals surface area contributed by atoms with Crippen molar-refractivity contribution in [3.05, 3.63) is 50.3 Å². The van der Waals surface area contributed by atoms with Crippen LogP contribution in [0.2, 0.25) is 0 Å². The molecule has 2 rings (SSSR count). The number of anilines is 1. The van der Waals surface area contributed by atoms with Gasteiger partial charge in [-0.15, -0.1) is 0 Å². The van der Waals surface area contributed by atoms with Crippen LogP contribution in [-0.2, 0) is 0 Å². The van der Waals surface area contributed by atoms with E-state index in [1.54, 1.807) is 12.4 Å². The van der Waals surface area contributed by atoms with Crippen molar-refractivity contribution in [2.45, 2.75) is 13.0 Å². The lowest BCUT2D eigenvalue weighted by atomic mass is 10.00. The monoisotopic (exact) mass is 385 g/mol. The van der Waals surface area contributed by atoms with Gasteiger partial charge in [-0.3, -0.25) is 10.8 Å². The number of aromatic nitrogens is 2. The van der Waals surface area contributed by atoms with Gasteiger partial charge in [-0.2, -0.15) is 0 Å². The molecule has 0 saturated carbocycles. The van der Waals surface area contributed by atoms with Gasteiger partial charge >= 0.3 is 0 Å². The topological polar surface area (TPSA) is 89.8 Å². The molecule has 0 radical (unpaired) electrons. The van der Waals surface area contributed by atoms with E-state index in [2.05, 4.69) is 47.3 Å². The van der Waals surface area contributed by atoms with Gasteiger partial charge < -0.3 is 5.73 Å². The maximum absolute atomic E-state index is 5.96. The normalized spacial score (nSPS) is 12.4. The summed E-state index contributed by atoms with van der Waals surface area (Å²) in [6.45, 7) is 1.96. The molecule has 1 unspecified atom stereocenters. The van der Waals surface area contributed by atoms with Crippen LogP contribution in [0.3, 0.4) is 0 Å². The third kappa shape index (κ3) is 2.94. The fraction of sp³-hybridized carbons (Fsp3) is 0.167. The van der Waals surface area contributed by atoms with Gasteiger partial charge in [0.2, 0.25) is 0 Å². The number of hydrazine groups is 1. The van der Waals surface area contributed by atoms with Crippen molar-refractivity contribution >= 4 is 37.7 Å². The average Bonchev–Trinajstić information content (AvgIpc) is 2.35. The quantitative estimate of drug-likeness (QED) is 0.556. The number of nitrogens with zero attached hydrogens (tertiary/aromatic N) is 2. The minimum atomic E-state index is -0.323. The van der Waals surface area contributed by atoms with Gasteiger partial charge in [-0.05, 0) is 56.5 Å². The van der Waals surface area contributed by atoms with Gasteiger partial charge in [0.25, 0.3) is 0 Å². The highest BCUT2D eigenvalue weighted by molar-refractivity contribution is 9.11. The van der Waals surface area contributed by atoms with Crippen molar-refractivity contribution in [2.24, 2.45) is 5.84 Å². The van der Waals surface area contributed by atoms with Crippen LogP contribution in [0.5, 0.6) is 0 Å². The Morgan fingerprint density at radius 3 is 2.63 bits per heavy atom. The molecule has 0 bridgehead atoms. The molecule has 0 saturated heterocycles. The first-order valence-electron chi connectivity index (χ1n) is 5.52. The SMILES string of the molecule is Cc1ccnc(N)c1C(NN)c1ncc(Br)cc1Br. The lowest BCUT2D eigenvalue weighted by Crippen LogP contribution is -2.31. The van der Waals surface area contributed by atoms with Crippen LogP contribution in [0.15, 0.2) is 33.5 Å². The Balaban J connectivity index is 2.56. The van der Waals surface area contributed by atoms with E-state index in [9.17, 15) is 0 Å². The second-order valence-electron chi connectivity index (χ2n) is 4.05. The van der Waals surface area contributed by atoms with Gasteiger partial charge in [0.1, 0.15) is 5.82 Å². The van der Waals surface area contributed by atoms with Crippen molar-refractivity contribution in [3.63, 3.8) is 0 Å². The molecule has 7 heteroatoms. The second kappa shape index (κ2) is 5.96. The molecule has 100 valence electrons. The van der Waals surface area contributed by atoms with Gasteiger partial charge in [0.15, 0.2) is 0 Å². The Labute approximate surface area is 128 Å². The lowest BCUT2D eigenvalue weighted by molar-refractivity contribution is 0.614. The Kier molecular flexibility index (Phi) is 4.51. The molecule has 1 atom stereocenters. The third-order valence-corrected chi connectivity index (χ3v) is 3.87. The van der Waals surface area contributed by atoms with E-state index in [1.165, 1.54) is 0 Å². The first kappa shape index (κ1) is 14.4. The first-order valence-corrected chi connectivity index (χ1v) is 7.11. The predicted molar refractivity (Wildman–Crippen MR) is 82.2 cm³/mol. The van der Waals surface area contributed by atoms with E-state index in [4.69, 9.17) is 11.6 Å². The number of nitrogen functional groups attached to an aromatic ring is 1. The maximum atomic E-state index is 5.96. The van der Waals surface area contributed by atoms with Crippen molar-refractivity contribution in [1.29, 1.82) is 0 Å². The van der Waals surface area contributed by atoms with Crippen LogP contribution in [0.1, 0.15) is 22.9 Å². The molecule has 2 aromatic heterocycles. The summed E-state index contributed by atoms with van der Waals surface area (Å²) in [4.78, 5) is 8.50. The molecule has 5 nitrogen and oxygen atoms in total. The number of rotatable bonds is 3. The van der Waals surface area contributed by atoms with Gasteiger partial charge in [-0.25, -0.2) is 10.4 Å². The highest BCUT2D eigenvalue weighted by Crippen LogP contribution is 2.31. The summed E-state index contributed by atoms with van der Waals surface area (Å²) in [5.41, 5.74) is 11.3. The average molecular weight is 387 g/mol. The van der Waals surface area contributed by atoms with Gasteiger partial charge in [0.05, 0.1) is 11.7 Å². The molecular weight excluding hydrogens is 374 g/mol. The molecule has 0 fully saturated rings. The summed E-state index contributed by atoms with van der Waals surface area (Å²) in [7, 11) is 0. The molecule has 5 N–H and O–H groups in total. The standard InChI is InChI=1S/C12H13Br2N5/c1-6-2-3-17-12(15)9(6)11(19-16)10-8(14)4-7(13)5-18-10/h2-5,11,19H,16H2,1H3,(H2,15,17). The van der Waals surface area contributed by atoms with Crippen LogP contribution < -0.4 is 17.0 Å². The molecule has 0 aromatic carbocycles. The molecule has 0 spiro atoms. The van der Waals surface area contributed by atoms with E-state index in [0.717, 1.165) is 25.8 Å². The summed E-state index contributed by atoms with van der Waals surface area (Å²) < 4.78 is 1.72. The minimum Gasteiger partial charge on any atom is -0.383 e. The Bertz CT molecular complexity index is 582. The number of nitrogens with one attached hydrogen (secondary N) is 1. The molecule has 0 aliphatic carbocycles. The molecular formula is C12H13Br2N5. The molecule has 19 heavy (non-hydrogen) atoms. The minimum absolute atomic E-state index is 0.323. The van der Waals surface area contributed by atoms with Crippen LogP contribution in [-0.4, -0.2) is 9.97 Å². The maximum Gasteiger partial charge on any atom is 0.128 e. The van der Waals surface area contributed by atoms with Crippen LogP contribution in [0.25, 0.3) is 0 Å². The fourth-order valence-corrected chi connectivity index (χ4v) is 3.12. The van der Waals surface area contributed by atoms with Gasteiger partial charge in [0, 0.05) is 26.9 Å². The molecule has 0 aliphatic rings. The van der Waals surface area contributed by atoms with Crippen molar-refractivity contribution in [1.82, 2.24) is 15.4 Å². The second-order valence-corrected chi connectivity index (χ2v) is 5.82. The number of hydrogen-bond acceptors (Lipinski definition) is 5. The Morgan fingerprint density at radius 2 is 2.05 bits per heavy atom. The lowest BCUT2D eigenvalue weighted by Gasteiger charge is -2.20. The fourth-order valence-electron chi connectivity index (χ4n) is 1.90. The van der Waals surface area contributed by atoms with Gasteiger partial charge in [-0.1, -0.05) is 0 Å². The third-order valence-electron chi connectivity index (χ3n) is 2.80. The summed E-state index contributed by atoms with van der Waals surface area (Å²) in [5.74, 6) is 6.12. The first-order chi connectivity index (χ1) is 9.04. The van der Waals surface area contributed by atoms with Crippen LogP contribution in [0, 0.1) is 6.92 Å². The summed E-state index contributed by atoms with van der Waals surface area (Å²) in [6, 6.07) is 3.48. The number of nitrogens with two attached hydrogens (primary N) is 2. The number of pyridine rings is 2. The molecule has 2 heterocycles. The van der Waals surface area contributed by atoms with Crippen LogP contribution in [0.4, 0.5) is 5.82 Å².